The van der Waals surface area contributed by atoms with Gasteiger partial charge in [0, 0.05) is 55.1 Å². The largest absolute Gasteiger partial charge is 0.507 e. The number of hydrogen-bond acceptors (Lipinski definition) is 7. The molecule has 7 nitrogen and oxygen atoms in total. The Hall–Kier alpha value is -3.19. The number of nitrogens with one attached hydrogen (secondary N) is 3. The van der Waals surface area contributed by atoms with E-state index in [4.69, 9.17) is 15.4 Å². The molecule has 1 fully saturated rings. The van der Waals surface area contributed by atoms with Crippen LogP contribution in [0.2, 0.25) is 0 Å². The van der Waals surface area contributed by atoms with Crippen LogP contribution in [-0.4, -0.2) is 52.5 Å². The summed E-state index contributed by atoms with van der Waals surface area (Å²) in [5.74, 6) is 1.03. The standard InChI is InChI=1S/C25H32N6O/c1-25(2,3)30-17-9-11-31(12-10-17)24-8-7-21-22(29-24)6-5-20(28-21)18-13-16(15-27-4)19(26)14-23(18)32/h5-8,13-15,17,26-27,30,32H,9-12H2,1-4H3/b16-15-,26-19?. The Labute approximate surface area is 189 Å². The third-order valence-corrected chi connectivity index (χ3v) is 5.73. The van der Waals surface area contributed by atoms with Crippen molar-refractivity contribution in [2.75, 3.05) is 25.0 Å². The van der Waals surface area contributed by atoms with E-state index in [1.54, 1.807) is 19.3 Å². The molecule has 2 aromatic rings. The molecular formula is C25H32N6O. The lowest BCUT2D eigenvalue weighted by Crippen LogP contribution is -2.49. The summed E-state index contributed by atoms with van der Waals surface area (Å²) in [6, 6.07) is 8.40. The number of anilines is 1. The zero-order valence-corrected chi connectivity index (χ0v) is 19.2. The highest BCUT2D eigenvalue weighted by Gasteiger charge is 2.24. The van der Waals surface area contributed by atoms with Gasteiger partial charge in [-0.25, -0.2) is 9.97 Å². The molecule has 2 aliphatic rings. The van der Waals surface area contributed by atoms with Crippen LogP contribution >= 0.6 is 0 Å². The Morgan fingerprint density at radius 1 is 1.06 bits per heavy atom. The maximum absolute atomic E-state index is 10.4. The van der Waals surface area contributed by atoms with Crippen LogP contribution in [0.4, 0.5) is 5.82 Å². The normalized spacial score (nSPS) is 19.3. The SMILES string of the molecule is CN/C=C1/C=C(c2ccc3nc(N4CCC(NC(C)(C)C)CC4)ccc3n2)C(O)=CC1=N. The number of pyridine rings is 2. The molecule has 2 aromatic heterocycles. The van der Waals surface area contributed by atoms with E-state index in [0.29, 0.717) is 22.9 Å². The molecule has 1 saturated heterocycles. The second kappa shape index (κ2) is 8.74. The summed E-state index contributed by atoms with van der Waals surface area (Å²) in [4.78, 5) is 11.9. The van der Waals surface area contributed by atoms with Gasteiger partial charge in [-0.1, -0.05) is 0 Å². The van der Waals surface area contributed by atoms with Gasteiger partial charge in [-0.05, 0) is 64.0 Å². The first-order valence-electron chi connectivity index (χ1n) is 11.1. The molecule has 1 aliphatic heterocycles. The first-order valence-corrected chi connectivity index (χ1v) is 11.1. The third kappa shape index (κ3) is 4.83. The second-order valence-corrected chi connectivity index (χ2v) is 9.45. The lowest BCUT2D eigenvalue weighted by molar-refractivity contribution is 0.316. The van der Waals surface area contributed by atoms with Crippen LogP contribution in [0.5, 0.6) is 0 Å². The van der Waals surface area contributed by atoms with Crippen LogP contribution in [0, 0.1) is 5.41 Å². The molecule has 0 radical (unpaired) electrons. The third-order valence-electron chi connectivity index (χ3n) is 5.73. The van der Waals surface area contributed by atoms with Crippen molar-refractivity contribution in [1.29, 1.82) is 5.41 Å². The molecule has 0 spiro atoms. The second-order valence-electron chi connectivity index (χ2n) is 9.45. The fraction of sp³-hybridized carbons (Fsp3) is 0.400. The highest BCUT2D eigenvalue weighted by Crippen LogP contribution is 2.28. The predicted molar refractivity (Wildman–Crippen MR) is 131 cm³/mol. The Kier molecular flexibility index (Phi) is 6.02. The van der Waals surface area contributed by atoms with Gasteiger partial charge in [0.1, 0.15) is 11.6 Å². The minimum atomic E-state index is 0.0476. The number of allylic oxidation sites excluding steroid dienone is 4. The summed E-state index contributed by atoms with van der Waals surface area (Å²) in [5.41, 5.74) is 3.96. The first-order chi connectivity index (χ1) is 15.2. The average Bonchev–Trinajstić information content (AvgIpc) is 2.74. The monoisotopic (exact) mass is 432 g/mol. The van der Waals surface area contributed by atoms with E-state index in [2.05, 4.69) is 36.3 Å². The maximum Gasteiger partial charge on any atom is 0.129 e. The zero-order valence-electron chi connectivity index (χ0n) is 19.2. The molecule has 0 aromatic carbocycles. The Bertz CT molecular complexity index is 1120. The van der Waals surface area contributed by atoms with E-state index in [1.807, 2.05) is 24.3 Å². The molecule has 0 atom stereocenters. The highest BCUT2D eigenvalue weighted by atomic mass is 16.3. The number of aliphatic hydroxyl groups is 1. The van der Waals surface area contributed by atoms with E-state index < -0.39 is 0 Å². The summed E-state index contributed by atoms with van der Waals surface area (Å²) in [7, 11) is 1.78. The highest BCUT2D eigenvalue weighted by molar-refractivity contribution is 6.13. The van der Waals surface area contributed by atoms with Gasteiger partial charge in [-0.2, -0.15) is 0 Å². The lowest BCUT2D eigenvalue weighted by Gasteiger charge is -2.36. The van der Waals surface area contributed by atoms with E-state index >= 15 is 0 Å². The number of rotatable bonds is 4. The number of aliphatic hydroxyl groups excluding tert-OH is 1. The van der Waals surface area contributed by atoms with Crippen LogP contribution in [0.15, 0.2) is 53.9 Å². The van der Waals surface area contributed by atoms with Gasteiger partial charge in [-0.3, -0.25) is 0 Å². The van der Waals surface area contributed by atoms with E-state index in [0.717, 1.165) is 42.8 Å². The molecule has 4 N–H and O–H groups in total. The Morgan fingerprint density at radius 3 is 2.44 bits per heavy atom. The van der Waals surface area contributed by atoms with Gasteiger partial charge in [0.25, 0.3) is 0 Å². The zero-order chi connectivity index (χ0) is 22.9. The van der Waals surface area contributed by atoms with Gasteiger partial charge in [0.05, 0.1) is 22.4 Å². The summed E-state index contributed by atoms with van der Waals surface area (Å²) in [6.45, 7) is 8.61. The number of aromatic nitrogens is 2. The van der Waals surface area contributed by atoms with Crippen molar-refractivity contribution in [3.8, 4) is 0 Å². The van der Waals surface area contributed by atoms with Crippen LogP contribution in [0.1, 0.15) is 39.3 Å². The average molecular weight is 433 g/mol. The van der Waals surface area contributed by atoms with Crippen LogP contribution in [-0.2, 0) is 0 Å². The summed E-state index contributed by atoms with van der Waals surface area (Å²) >= 11 is 0. The van der Waals surface area contributed by atoms with Gasteiger partial charge in [-0.15, -0.1) is 0 Å². The van der Waals surface area contributed by atoms with Gasteiger partial charge < -0.3 is 26.0 Å². The van der Waals surface area contributed by atoms with Crippen molar-refractivity contribution < 1.29 is 5.11 Å². The Balaban J connectivity index is 1.53. The van der Waals surface area contributed by atoms with Crippen LogP contribution in [0.3, 0.4) is 0 Å². The molecule has 168 valence electrons. The van der Waals surface area contributed by atoms with Crippen molar-refractivity contribution in [3.05, 3.63) is 59.6 Å². The topological polar surface area (TPSA) is 97.2 Å². The maximum atomic E-state index is 10.4. The molecule has 0 bridgehead atoms. The van der Waals surface area contributed by atoms with E-state index in [-0.39, 0.29) is 17.0 Å². The number of piperidine rings is 1. The molecule has 3 heterocycles. The lowest BCUT2D eigenvalue weighted by atomic mass is 9.96. The minimum absolute atomic E-state index is 0.0476. The van der Waals surface area contributed by atoms with Crippen LogP contribution in [0.25, 0.3) is 16.6 Å². The number of hydrogen-bond donors (Lipinski definition) is 4. The first kappa shape index (κ1) is 22.0. The fourth-order valence-corrected chi connectivity index (χ4v) is 4.28. The van der Waals surface area contributed by atoms with Crippen LogP contribution < -0.4 is 15.5 Å². The van der Waals surface area contributed by atoms with E-state index in [9.17, 15) is 5.11 Å². The van der Waals surface area contributed by atoms with Gasteiger partial charge in [0.2, 0.25) is 0 Å². The smallest absolute Gasteiger partial charge is 0.129 e. The summed E-state index contributed by atoms with van der Waals surface area (Å²) in [6.07, 6.45) is 7.17. The fourth-order valence-electron chi connectivity index (χ4n) is 4.28. The molecule has 32 heavy (non-hydrogen) atoms. The minimum Gasteiger partial charge on any atom is -0.507 e. The number of fused-ring (bicyclic) bond motifs is 1. The molecule has 0 saturated carbocycles. The van der Waals surface area contributed by atoms with E-state index in [1.165, 1.54) is 6.08 Å². The van der Waals surface area contributed by atoms with Crippen molar-refractivity contribution in [2.24, 2.45) is 0 Å². The van der Waals surface area contributed by atoms with Gasteiger partial charge in [0.15, 0.2) is 0 Å². The van der Waals surface area contributed by atoms with Crippen molar-refractivity contribution >= 4 is 28.1 Å². The number of nitrogens with zero attached hydrogens (tertiary/aromatic N) is 3. The summed E-state index contributed by atoms with van der Waals surface area (Å²) in [5, 5.41) is 25.0. The Morgan fingerprint density at radius 2 is 1.75 bits per heavy atom. The molecule has 7 heteroatoms. The molecule has 0 amide bonds. The molecular weight excluding hydrogens is 400 g/mol. The van der Waals surface area contributed by atoms with Crippen molar-refractivity contribution in [2.45, 2.75) is 45.2 Å². The molecule has 0 unspecified atom stereocenters. The summed E-state index contributed by atoms with van der Waals surface area (Å²) < 4.78 is 0. The van der Waals surface area contributed by atoms with Gasteiger partial charge >= 0.3 is 0 Å². The molecule has 1 aliphatic carbocycles. The van der Waals surface area contributed by atoms with Crippen molar-refractivity contribution in [3.63, 3.8) is 0 Å². The quantitative estimate of drug-likeness (QED) is 0.584. The predicted octanol–water partition coefficient (Wildman–Crippen LogP) is 3.95. The molecule has 4 rings (SSSR count). The van der Waals surface area contributed by atoms with Crippen molar-refractivity contribution in [1.82, 2.24) is 20.6 Å².